The zero-order valence-corrected chi connectivity index (χ0v) is 13.7. The maximum Gasteiger partial charge on any atom is 0.166 e. The second-order valence-electron chi connectivity index (χ2n) is 5.34. The molecule has 2 aromatic carbocycles. The van der Waals surface area contributed by atoms with Crippen molar-refractivity contribution in [2.45, 2.75) is 6.61 Å². The fourth-order valence-electron chi connectivity index (χ4n) is 2.26. The number of nitrogens with two attached hydrogens (primary N) is 2. The number of anilines is 2. The van der Waals surface area contributed by atoms with Crippen LogP contribution in [0.1, 0.15) is 5.56 Å². The zero-order chi connectivity index (χ0) is 18.0. The van der Waals surface area contributed by atoms with Crippen molar-refractivity contribution < 1.29 is 13.5 Å². The molecule has 0 unspecified atom stereocenters. The van der Waals surface area contributed by atoms with Crippen molar-refractivity contribution >= 4 is 23.1 Å². The number of nitrogen functional groups attached to an aromatic ring is 2. The molecule has 0 spiro atoms. The van der Waals surface area contributed by atoms with Gasteiger partial charge in [0.05, 0.1) is 5.02 Å². The number of ether oxygens (including phenoxy) is 1. The predicted molar refractivity (Wildman–Crippen MR) is 94.2 cm³/mol. The second-order valence-corrected chi connectivity index (χ2v) is 5.72. The first-order valence-electron chi connectivity index (χ1n) is 7.32. The van der Waals surface area contributed by atoms with Crippen LogP contribution >= 0.6 is 11.6 Å². The molecule has 128 valence electrons. The van der Waals surface area contributed by atoms with Crippen LogP contribution in [0.15, 0.2) is 48.7 Å². The standard InChI is InChI=1S/C18H14ClF2N3O/c19-17-13(14(20)5-6-15(17)21)9-25-16-7-11(8-24-18(16)23)10-1-3-12(22)4-2-10/h1-8H,9,22H2,(H2,23,24). The Hall–Kier alpha value is -2.86. The van der Waals surface area contributed by atoms with Crippen LogP contribution in [0, 0.1) is 11.6 Å². The van der Waals surface area contributed by atoms with Crippen LogP contribution in [0.5, 0.6) is 5.75 Å². The average molecular weight is 362 g/mol. The Balaban J connectivity index is 1.87. The van der Waals surface area contributed by atoms with E-state index < -0.39 is 11.6 Å². The molecule has 0 saturated carbocycles. The molecule has 1 heterocycles. The molecule has 0 saturated heterocycles. The lowest BCUT2D eigenvalue weighted by molar-refractivity contribution is 0.300. The molecule has 3 aromatic rings. The summed E-state index contributed by atoms with van der Waals surface area (Å²) in [5.41, 5.74) is 13.6. The zero-order valence-electron chi connectivity index (χ0n) is 13.0. The van der Waals surface area contributed by atoms with Gasteiger partial charge in [0.1, 0.15) is 18.2 Å². The Kier molecular flexibility index (Phi) is 4.72. The molecule has 25 heavy (non-hydrogen) atoms. The summed E-state index contributed by atoms with van der Waals surface area (Å²) in [6, 6.07) is 10.8. The number of nitrogens with zero attached hydrogens (tertiary/aromatic N) is 1. The molecule has 0 bridgehead atoms. The Morgan fingerprint density at radius 2 is 1.64 bits per heavy atom. The van der Waals surface area contributed by atoms with E-state index in [1.165, 1.54) is 0 Å². The van der Waals surface area contributed by atoms with Crippen LogP contribution < -0.4 is 16.2 Å². The number of hydrogen-bond acceptors (Lipinski definition) is 4. The van der Waals surface area contributed by atoms with Crippen LogP contribution in [-0.4, -0.2) is 4.98 Å². The van der Waals surface area contributed by atoms with E-state index >= 15 is 0 Å². The van der Waals surface area contributed by atoms with Crippen LogP contribution in [0.25, 0.3) is 11.1 Å². The van der Waals surface area contributed by atoms with Crippen molar-refractivity contribution in [2.24, 2.45) is 0 Å². The number of benzene rings is 2. The monoisotopic (exact) mass is 361 g/mol. The van der Waals surface area contributed by atoms with Crippen LogP contribution in [0.3, 0.4) is 0 Å². The van der Waals surface area contributed by atoms with Gasteiger partial charge in [-0.25, -0.2) is 13.8 Å². The quantitative estimate of drug-likeness (QED) is 0.532. The maximum atomic E-state index is 13.8. The van der Waals surface area contributed by atoms with Crippen LogP contribution in [0.4, 0.5) is 20.3 Å². The summed E-state index contributed by atoms with van der Waals surface area (Å²) in [5, 5.41) is -0.318. The van der Waals surface area contributed by atoms with Crippen molar-refractivity contribution in [1.82, 2.24) is 4.98 Å². The Morgan fingerprint density at radius 1 is 0.960 bits per heavy atom. The van der Waals surface area contributed by atoms with Gasteiger partial charge >= 0.3 is 0 Å². The number of aromatic nitrogens is 1. The second kappa shape index (κ2) is 6.94. The highest BCUT2D eigenvalue weighted by molar-refractivity contribution is 6.31. The topological polar surface area (TPSA) is 74.2 Å². The predicted octanol–water partition coefficient (Wildman–Crippen LogP) is 4.42. The lowest BCUT2D eigenvalue weighted by atomic mass is 10.1. The Bertz CT molecular complexity index is 917. The highest BCUT2D eigenvalue weighted by Gasteiger charge is 2.14. The van der Waals surface area contributed by atoms with E-state index in [9.17, 15) is 8.78 Å². The van der Waals surface area contributed by atoms with Gasteiger partial charge in [0, 0.05) is 23.0 Å². The third-order valence-electron chi connectivity index (χ3n) is 3.64. The molecule has 0 amide bonds. The molecule has 7 heteroatoms. The van der Waals surface area contributed by atoms with Crippen LogP contribution in [0.2, 0.25) is 5.02 Å². The van der Waals surface area contributed by atoms with Crippen molar-refractivity contribution in [3.8, 4) is 16.9 Å². The minimum absolute atomic E-state index is 0.0843. The van der Waals surface area contributed by atoms with E-state index in [0.29, 0.717) is 5.69 Å². The minimum atomic E-state index is -0.719. The van der Waals surface area contributed by atoms with Crippen molar-refractivity contribution in [3.63, 3.8) is 0 Å². The number of halogens is 3. The normalized spacial score (nSPS) is 10.7. The summed E-state index contributed by atoms with van der Waals surface area (Å²) >= 11 is 5.79. The average Bonchev–Trinajstić information content (AvgIpc) is 2.60. The molecule has 1 aromatic heterocycles. The molecule has 4 N–H and O–H groups in total. The van der Waals surface area contributed by atoms with Crippen molar-refractivity contribution in [2.75, 3.05) is 11.5 Å². The van der Waals surface area contributed by atoms with Crippen LogP contribution in [-0.2, 0) is 6.61 Å². The summed E-state index contributed by atoms with van der Waals surface area (Å²) in [6.07, 6.45) is 1.59. The van der Waals surface area contributed by atoms with E-state index in [4.69, 9.17) is 27.8 Å². The van der Waals surface area contributed by atoms with Crippen molar-refractivity contribution in [3.05, 3.63) is 70.9 Å². The first-order chi connectivity index (χ1) is 12.0. The highest BCUT2D eigenvalue weighted by Crippen LogP contribution is 2.30. The van der Waals surface area contributed by atoms with E-state index in [1.54, 1.807) is 24.4 Å². The lowest BCUT2D eigenvalue weighted by Crippen LogP contribution is -2.04. The Labute approximate surface area is 148 Å². The fraction of sp³-hybridized carbons (Fsp3) is 0.0556. The molecule has 0 aliphatic carbocycles. The van der Waals surface area contributed by atoms with E-state index in [0.717, 1.165) is 23.3 Å². The van der Waals surface area contributed by atoms with Gasteiger partial charge in [-0.3, -0.25) is 0 Å². The first-order valence-corrected chi connectivity index (χ1v) is 7.70. The summed E-state index contributed by atoms with van der Waals surface area (Å²) in [4.78, 5) is 4.07. The van der Waals surface area contributed by atoms with E-state index in [2.05, 4.69) is 4.98 Å². The fourth-order valence-corrected chi connectivity index (χ4v) is 2.46. The molecule has 0 fully saturated rings. The largest absolute Gasteiger partial charge is 0.485 e. The number of pyridine rings is 1. The molecule has 0 aliphatic heterocycles. The van der Waals surface area contributed by atoms with Gasteiger partial charge in [-0.15, -0.1) is 0 Å². The lowest BCUT2D eigenvalue weighted by Gasteiger charge is -2.12. The first kappa shape index (κ1) is 17.0. The van der Waals surface area contributed by atoms with E-state index in [1.807, 2.05) is 12.1 Å². The number of hydrogen-bond donors (Lipinski definition) is 2. The van der Waals surface area contributed by atoms with Gasteiger partial charge in [-0.05, 0) is 35.9 Å². The Morgan fingerprint density at radius 3 is 2.36 bits per heavy atom. The third-order valence-corrected chi connectivity index (χ3v) is 4.05. The molecule has 0 aliphatic rings. The summed E-state index contributed by atoms with van der Waals surface area (Å²) in [7, 11) is 0. The minimum Gasteiger partial charge on any atom is -0.485 e. The van der Waals surface area contributed by atoms with Gasteiger partial charge < -0.3 is 16.2 Å². The maximum absolute atomic E-state index is 13.8. The molecular formula is C18H14ClF2N3O. The highest BCUT2D eigenvalue weighted by atomic mass is 35.5. The summed E-state index contributed by atoms with van der Waals surface area (Å²) in [6.45, 7) is -0.278. The summed E-state index contributed by atoms with van der Waals surface area (Å²) in [5.74, 6) is -1.00. The molecular weight excluding hydrogens is 348 g/mol. The van der Waals surface area contributed by atoms with Gasteiger partial charge in [-0.2, -0.15) is 0 Å². The van der Waals surface area contributed by atoms with Crippen molar-refractivity contribution in [1.29, 1.82) is 0 Å². The number of rotatable bonds is 4. The SMILES string of the molecule is Nc1ccc(-c2cnc(N)c(OCc3c(F)ccc(F)c3Cl)c2)cc1. The third kappa shape index (κ3) is 3.64. The molecule has 0 radical (unpaired) electrons. The smallest absolute Gasteiger partial charge is 0.166 e. The van der Waals surface area contributed by atoms with Gasteiger partial charge in [-0.1, -0.05) is 23.7 Å². The summed E-state index contributed by atoms with van der Waals surface area (Å²) < 4.78 is 32.8. The molecule has 0 atom stereocenters. The molecule has 4 nitrogen and oxygen atoms in total. The van der Waals surface area contributed by atoms with Gasteiger partial charge in [0.2, 0.25) is 0 Å². The van der Waals surface area contributed by atoms with E-state index in [-0.39, 0.29) is 28.8 Å². The molecule has 3 rings (SSSR count). The van der Waals surface area contributed by atoms with Gasteiger partial charge in [0.25, 0.3) is 0 Å². The van der Waals surface area contributed by atoms with Gasteiger partial charge in [0.15, 0.2) is 11.6 Å².